The Bertz CT molecular complexity index is 359. The van der Waals surface area contributed by atoms with Crippen LogP contribution in [-0.2, 0) is 6.54 Å². The summed E-state index contributed by atoms with van der Waals surface area (Å²) in [6.07, 6.45) is 1.00. The summed E-state index contributed by atoms with van der Waals surface area (Å²) in [6.45, 7) is 4.75. The minimum atomic E-state index is 0.142. The molecule has 0 aliphatic carbocycles. The molecule has 0 heterocycles. The summed E-state index contributed by atoms with van der Waals surface area (Å²) in [7, 11) is 3.99. The molecule has 0 spiro atoms. The molecule has 0 amide bonds. The molecule has 0 N–H and O–H groups in total. The average molecular weight is 221 g/mol. The molecule has 0 radical (unpaired) electrons. The number of carbonyl (C=O) groups is 1. The van der Waals surface area contributed by atoms with Gasteiger partial charge in [-0.1, -0.05) is 0 Å². The van der Waals surface area contributed by atoms with E-state index in [-0.39, 0.29) is 6.10 Å². The normalized spacial score (nSPS) is 10.9. The Balaban J connectivity index is 3.00. The van der Waals surface area contributed by atoms with Crippen molar-refractivity contribution >= 4 is 6.29 Å². The van der Waals surface area contributed by atoms with Crippen LogP contribution in [0.1, 0.15) is 29.8 Å². The molecule has 1 rings (SSSR count). The Hall–Kier alpha value is -1.35. The van der Waals surface area contributed by atoms with E-state index in [2.05, 4.69) is 4.90 Å². The molecule has 0 aromatic heterocycles. The second kappa shape index (κ2) is 5.66. The van der Waals surface area contributed by atoms with Crippen LogP contribution in [0.4, 0.5) is 0 Å². The van der Waals surface area contributed by atoms with Gasteiger partial charge in [-0.25, -0.2) is 0 Å². The molecule has 1 aromatic rings. The fourth-order valence-electron chi connectivity index (χ4n) is 1.51. The zero-order chi connectivity index (χ0) is 12.1. The first-order valence-corrected chi connectivity index (χ1v) is 5.42. The van der Waals surface area contributed by atoms with E-state index in [0.717, 1.165) is 24.1 Å². The van der Waals surface area contributed by atoms with Gasteiger partial charge in [0.15, 0.2) is 0 Å². The summed E-state index contributed by atoms with van der Waals surface area (Å²) in [4.78, 5) is 12.8. The predicted octanol–water partition coefficient (Wildman–Crippen LogP) is 2.35. The maximum absolute atomic E-state index is 10.7. The van der Waals surface area contributed by atoms with Crippen molar-refractivity contribution in [3.63, 3.8) is 0 Å². The Kier molecular flexibility index (Phi) is 4.50. The summed E-state index contributed by atoms with van der Waals surface area (Å²) in [5, 5.41) is 0. The summed E-state index contributed by atoms with van der Waals surface area (Å²) < 4.78 is 5.70. The number of carbonyl (C=O) groups excluding carboxylic acids is 1. The number of nitrogens with zero attached hydrogens (tertiary/aromatic N) is 1. The highest BCUT2D eigenvalue weighted by atomic mass is 16.5. The number of hydrogen-bond donors (Lipinski definition) is 0. The van der Waals surface area contributed by atoms with Gasteiger partial charge >= 0.3 is 0 Å². The second-order valence-corrected chi connectivity index (χ2v) is 4.39. The lowest BCUT2D eigenvalue weighted by atomic mass is 10.1. The van der Waals surface area contributed by atoms with Crippen molar-refractivity contribution in [3.05, 3.63) is 29.3 Å². The molecule has 0 bridgehead atoms. The third-order valence-corrected chi connectivity index (χ3v) is 2.07. The van der Waals surface area contributed by atoms with Crippen LogP contribution in [0.5, 0.6) is 5.75 Å². The quantitative estimate of drug-likeness (QED) is 0.715. The number of ether oxygens (including phenoxy) is 1. The number of hydrogen-bond acceptors (Lipinski definition) is 3. The summed E-state index contributed by atoms with van der Waals surface area (Å²) in [5.74, 6) is 0.856. The van der Waals surface area contributed by atoms with E-state index in [1.54, 1.807) is 6.07 Å². The molecule has 0 saturated heterocycles. The van der Waals surface area contributed by atoms with E-state index in [4.69, 9.17) is 4.74 Å². The lowest BCUT2D eigenvalue weighted by molar-refractivity contribution is 0.112. The highest BCUT2D eigenvalue weighted by Crippen LogP contribution is 2.22. The van der Waals surface area contributed by atoms with E-state index in [0.29, 0.717) is 5.56 Å². The molecule has 0 aliphatic rings. The van der Waals surface area contributed by atoms with E-state index < -0.39 is 0 Å². The molecule has 3 nitrogen and oxygen atoms in total. The van der Waals surface area contributed by atoms with E-state index >= 15 is 0 Å². The Morgan fingerprint density at radius 1 is 1.38 bits per heavy atom. The first-order chi connectivity index (χ1) is 7.52. The van der Waals surface area contributed by atoms with Crippen molar-refractivity contribution in [1.29, 1.82) is 0 Å². The molecule has 16 heavy (non-hydrogen) atoms. The monoisotopic (exact) mass is 221 g/mol. The molecule has 0 fully saturated rings. The minimum Gasteiger partial charge on any atom is -0.491 e. The molecule has 88 valence electrons. The summed E-state index contributed by atoms with van der Waals surface area (Å²) >= 11 is 0. The topological polar surface area (TPSA) is 29.5 Å². The van der Waals surface area contributed by atoms with Gasteiger partial charge in [0.1, 0.15) is 12.0 Å². The predicted molar refractivity (Wildman–Crippen MR) is 65.0 cm³/mol. The van der Waals surface area contributed by atoms with E-state index in [9.17, 15) is 4.79 Å². The highest BCUT2D eigenvalue weighted by molar-refractivity contribution is 5.75. The van der Waals surface area contributed by atoms with Gasteiger partial charge in [-0.2, -0.15) is 0 Å². The zero-order valence-electron chi connectivity index (χ0n) is 10.4. The fraction of sp³-hybridized carbons (Fsp3) is 0.462. The Morgan fingerprint density at radius 3 is 2.56 bits per heavy atom. The van der Waals surface area contributed by atoms with Crippen LogP contribution in [0.3, 0.4) is 0 Å². The van der Waals surface area contributed by atoms with Gasteiger partial charge in [-0.15, -0.1) is 0 Å². The van der Waals surface area contributed by atoms with Gasteiger partial charge in [0.2, 0.25) is 0 Å². The highest BCUT2D eigenvalue weighted by Gasteiger charge is 2.07. The van der Waals surface area contributed by atoms with Gasteiger partial charge < -0.3 is 9.64 Å². The van der Waals surface area contributed by atoms with Gasteiger partial charge in [0, 0.05) is 17.7 Å². The summed E-state index contributed by atoms with van der Waals surface area (Å²) in [5.41, 5.74) is 1.73. The number of benzene rings is 1. The first-order valence-electron chi connectivity index (χ1n) is 5.42. The third-order valence-electron chi connectivity index (χ3n) is 2.07. The van der Waals surface area contributed by atoms with Crippen LogP contribution in [0.25, 0.3) is 0 Å². The first kappa shape index (κ1) is 12.7. The fourth-order valence-corrected chi connectivity index (χ4v) is 1.51. The van der Waals surface area contributed by atoms with E-state index in [1.165, 1.54) is 0 Å². The number of rotatable bonds is 5. The van der Waals surface area contributed by atoms with Gasteiger partial charge in [0.25, 0.3) is 0 Å². The van der Waals surface area contributed by atoms with Crippen LogP contribution in [0.15, 0.2) is 18.2 Å². The standard InChI is InChI=1S/C13H19NO2/c1-10(2)16-13-6-5-11(9-15)7-12(13)8-14(3)4/h5-7,9-10H,8H2,1-4H3. The van der Waals surface area contributed by atoms with Crippen molar-refractivity contribution in [2.75, 3.05) is 14.1 Å². The Labute approximate surface area is 97.0 Å². The van der Waals surface area contributed by atoms with Crippen LogP contribution in [0, 0.1) is 0 Å². The van der Waals surface area contributed by atoms with Crippen LogP contribution in [-0.4, -0.2) is 31.4 Å². The molecule has 0 unspecified atom stereocenters. The van der Waals surface area contributed by atoms with E-state index in [1.807, 2.05) is 40.1 Å². The number of aldehydes is 1. The van der Waals surface area contributed by atoms with Crippen molar-refractivity contribution in [2.24, 2.45) is 0 Å². The summed E-state index contributed by atoms with van der Waals surface area (Å²) in [6, 6.07) is 5.52. The average Bonchev–Trinajstić information content (AvgIpc) is 2.19. The largest absolute Gasteiger partial charge is 0.491 e. The smallest absolute Gasteiger partial charge is 0.150 e. The zero-order valence-corrected chi connectivity index (χ0v) is 10.4. The van der Waals surface area contributed by atoms with Gasteiger partial charge in [-0.3, -0.25) is 4.79 Å². The second-order valence-electron chi connectivity index (χ2n) is 4.39. The van der Waals surface area contributed by atoms with Crippen molar-refractivity contribution in [3.8, 4) is 5.75 Å². The lowest BCUT2D eigenvalue weighted by Crippen LogP contribution is -2.14. The van der Waals surface area contributed by atoms with Crippen molar-refractivity contribution < 1.29 is 9.53 Å². The van der Waals surface area contributed by atoms with Crippen LogP contribution < -0.4 is 4.74 Å². The van der Waals surface area contributed by atoms with Crippen molar-refractivity contribution in [2.45, 2.75) is 26.5 Å². The minimum absolute atomic E-state index is 0.142. The van der Waals surface area contributed by atoms with Gasteiger partial charge in [0.05, 0.1) is 6.10 Å². The molecule has 0 aliphatic heterocycles. The molecule has 0 saturated carbocycles. The molecule has 3 heteroatoms. The van der Waals surface area contributed by atoms with Gasteiger partial charge in [-0.05, 0) is 46.1 Å². The SMILES string of the molecule is CC(C)Oc1ccc(C=O)cc1CN(C)C. The molecular formula is C13H19NO2. The maximum Gasteiger partial charge on any atom is 0.150 e. The Morgan fingerprint density at radius 2 is 2.06 bits per heavy atom. The third kappa shape index (κ3) is 3.66. The van der Waals surface area contributed by atoms with Crippen LogP contribution >= 0.6 is 0 Å². The van der Waals surface area contributed by atoms with Crippen LogP contribution in [0.2, 0.25) is 0 Å². The maximum atomic E-state index is 10.7. The molecule has 1 aromatic carbocycles. The van der Waals surface area contributed by atoms with Crippen molar-refractivity contribution in [1.82, 2.24) is 4.90 Å². The molecular weight excluding hydrogens is 202 g/mol. The lowest BCUT2D eigenvalue weighted by Gasteiger charge is -2.17. The molecule has 0 atom stereocenters.